The largest absolute Gasteiger partial charge is 0.356 e. The van der Waals surface area contributed by atoms with Gasteiger partial charge in [0.25, 0.3) is 0 Å². The Kier molecular flexibility index (Phi) is 3.50. The van der Waals surface area contributed by atoms with Crippen molar-refractivity contribution in [3.8, 4) is 0 Å². The molecule has 0 radical (unpaired) electrons. The minimum Gasteiger partial charge on any atom is -0.356 e. The third-order valence-electron chi connectivity index (χ3n) is 1.93. The Morgan fingerprint density at radius 1 is 1.46 bits per heavy atom. The number of H-pyrrole nitrogens is 1. The lowest BCUT2D eigenvalue weighted by Crippen LogP contribution is -1.83. The summed E-state index contributed by atoms with van der Waals surface area (Å²) in [6.45, 7) is 3.85. The monoisotopic (exact) mass is 305 g/mol. The molecule has 0 unspecified atom stereocenters. The molecular weight excluding hydrogens is 298 g/mol. The molecule has 1 aromatic rings. The molecular formula is C9H9Br2NO. The highest BCUT2D eigenvalue weighted by Gasteiger charge is 2.12. The van der Waals surface area contributed by atoms with Crippen LogP contribution in [0.15, 0.2) is 4.99 Å². The van der Waals surface area contributed by atoms with Gasteiger partial charge in [0, 0.05) is 15.7 Å². The van der Waals surface area contributed by atoms with Gasteiger partial charge in [0.15, 0.2) is 6.29 Å². The first kappa shape index (κ1) is 10.7. The fourth-order valence-corrected chi connectivity index (χ4v) is 2.13. The van der Waals surface area contributed by atoms with Crippen LogP contribution < -0.4 is 0 Å². The summed E-state index contributed by atoms with van der Waals surface area (Å²) in [4.78, 5) is 15.4. The highest BCUT2D eigenvalue weighted by atomic mass is 79.9. The second-order valence-corrected chi connectivity index (χ2v) is 4.05. The number of aldehydes is 1. The normalized spacial score (nSPS) is 11.8. The lowest BCUT2D eigenvalue weighted by molar-refractivity contribution is 0.111. The van der Waals surface area contributed by atoms with E-state index in [4.69, 9.17) is 0 Å². The van der Waals surface area contributed by atoms with E-state index in [0.717, 1.165) is 27.6 Å². The van der Waals surface area contributed by atoms with Crippen molar-refractivity contribution in [1.82, 2.24) is 4.98 Å². The van der Waals surface area contributed by atoms with Gasteiger partial charge in [-0.1, -0.05) is 15.9 Å². The number of halogens is 2. The molecule has 0 atom stereocenters. The number of nitrogens with one attached hydrogen (secondary N) is 1. The van der Waals surface area contributed by atoms with Crippen LogP contribution in [0.3, 0.4) is 0 Å². The molecule has 0 aromatic carbocycles. The van der Waals surface area contributed by atoms with E-state index in [9.17, 15) is 4.79 Å². The van der Waals surface area contributed by atoms with Crippen molar-refractivity contribution in [3.05, 3.63) is 27.5 Å². The van der Waals surface area contributed by atoms with Crippen LogP contribution in [0.5, 0.6) is 0 Å². The summed E-state index contributed by atoms with van der Waals surface area (Å²) in [7, 11) is 0. The van der Waals surface area contributed by atoms with E-state index < -0.39 is 0 Å². The fourth-order valence-electron chi connectivity index (χ4n) is 1.30. The van der Waals surface area contributed by atoms with Gasteiger partial charge in [0.1, 0.15) is 0 Å². The molecule has 0 fully saturated rings. The molecule has 1 aromatic heterocycles. The second kappa shape index (κ2) is 4.24. The molecule has 0 bridgehead atoms. The third kappa shape index (κ3) is 1.94. The first-order chi connectivity index (χ1) is 6.11. The summed E-state index contributed by atoms with van der Waals surface area (Å²) in [6, 6.07) is 0. The van der Waals surface area contributed by atoms with Crippen LogP contribution in [0.1, 0.15) is 27.3 Å². The molecule has 0 spiro atoms. The number of aromatic nitrogens is 1. The summed E-state index contributed by atoms with van der Waals surface area (Å²) in [5, 5.41) is 0. The van der Waals surface area contributed by atoms with Gasteiger partial charge in [-0.3, -0.25) is 4.79 Å². The minimum absolute atomic E-state index is 0.638. The van der Waals surface area contributed by atoms with Crippen LogP contribution in [0.25, 0.3) is 4.48 Å². The summed E-state index contributed by atoms with van der Waals surface area (Å²) >= 11 is 6.65. The number of carbonyl (C=O) groups is 1. The van der Waals surface area contributed by atoms with Crippen molar-refractivity contribution < 1.29 is 4.79 Å². The Labute approximate surface area is 93.7 Å². The molecule has 1 N–H and O–H groups in total. The zero-order chi connectivity index (χ0) is 10.0. The number of carbonyl (C=O) groups excluding carboxylic acids is 1. The molecule has 0 aliphatic heterocycles. The summed E-state index contributed by atoms with van der Waals surface area (Å²) in [5.41, 5.74) is 3.63. The fraction of sp³-hybridized carbons (Fsp3) is 0.222. The van der Waals surface area contributed by atoms with E-state index in [1.807, 2.05) is 13.8 Å². The SMILES string of the molecule is Cc1[nH]c(C=O)c(C)c1/C(Br)=C/Br. The molecule has 1 rings (SSSR count). The van der Waals surface area contributed by atoms with Crippen LogP contribution in [0.4, 0.5) is 0 Å². The first-order valence-electron chi connectivity index (χ1n) is 3.72. The van der Waals surface area contributed by atoms with E-state index in [1.54, 1.807) is 4.99 Å². The van der Waals surface area contributed by atoms with Gasteiger partial charge in [0.05, 0.1) is 5.69 Å². The first-order valence-corrected chi connectivity index (χ1v) is 5.43. The van der Waals surface area contributed by atoms with Crippen molar-refractivity contribution in [3.63, 3.8) is 0 Å². The Morgan fingerprint density at radius 2 is 2.08 bits per heavy atom. The van der Waals surface area contributed by atoms with Crippen LogP contribution in [0.2, 0.25) is 0 Å². The van der Waals surface area contributed by atoms with Crippen LogP contribution >= 0.6 is 31.9 Å². The highest BCUT2D eigenvalue weighted by Crippen LogP contribution is 2.29. The lowest BCUT2D eigenvalue weighted by atomic mass is 10.1. The van der Waals surface area contributed by atoms with Gasteiger partial charge in [-0.25, -0.2) is 0 Å². The maximum absolute atomic E-state index is 10.6. The molecule has 0 aliphatic rings. The number of rotatable bonds is 2. The van der Waals surface area contributed by atoms with Gasteiger partial charge < -0.3 is 4.98 Å². The van der Waals surface area contributed by atoms with Gasteiger partial charge in [0.2, 0.25) is 0 Å². The highest BCUT2D eigenvalue weighted by molar-refractivity contribution is 9.16. The van der Waals surface area contributed by atoms with Crippen molar-refractivity contribution >= 4 is 42.6 Å². The molecule has 0 saturated heterocycles. The minimum atomic E-state index is 0.638. The van der Waals surface area contributed by atoms with E-state index in [2.05, 4.69) is 36.8 Å². The average Bonchev–Trinajstić information content (AvgIpc) is 2.40. The number of aromatic amines is 1. The quantitative estimate of drug-likeness (QED) is 0.833. The van der Waals surface area contributed by atoms with Crippen LogP contribution in [0, 0.1) is 13.8 Å². The third-order valence-corrected chi connectivity index (χ3v) is 3.63. The maximum atomic E-state index is 10.6. The van der Waals surface area contributed by atoms with E-state index in [-0.39, 0.29) is 0 Å². The predicted octanol–water partition coefficient (Wildman–Crippen LogP) is 3.53. The standard InChI is InChI=1S/C9H9Br2NO/c1-5-8(4-13)12-6(2)9(5)7(11)3-10/h3-4,12H,1-2H3/b7-3-. The number of hydrogen-bond acceptors (Lipinski definition) is 1. The maximum Gasteiger partial charge on any atom is 0.166 e. The topological polar surface area (TPSA) is 32.9 Å². The molecule has 2 nitrogen and oxygen atoms in total. The average molecular weight is 307 g/mol. The van der Waals surface area contributed by atoms with Gasteiger partial charge in [-0.2, -0.15) is 0 Å². The lowest BCUT2D eigenvalue weighted by Gasteiger charge is -1.98. The molecule has 0 amide bonds. The van der Waals surface area contributed by atoms with Crippen molar-refractivity contribution in [1.29, 1.82) is 0 Å². The zero-order valence-corrected chi connectivity index (χ0v) is 10.5. The molecule has 4 heteroatoms. The van der Waals surface area contributed by atoms with Crippen molar-refractivity contribution in [2.45, 2.75) is 13.8 Å². The Bertz CT molecular complexity index is 366. The van der Waals surface area contributed by atoms with Crippen molar-refractivity contribution in [2.24, 2.45) is 0 Å². The van der Waals surface area contributed by atoms with Gasteiger partial charge in [-0.15, -0.1) is 0 Å². The Balaban J connectivity index is 3.36. The number of hydrogen-bond donors (Lipinski definition) is 1. The molecule has 1 heterocycles. The summed E-state index contributed by atoms with van der Waals surface area (Å²) < 4.78 is 0.937. The zero-order valence-electron chi connectivity index (χ0n) is 7.32. The second-order valence-electron chi connectivity index (χ2n) is 2.74. The molecule has 13 heavy (non-hydrogen) atoms. The van der Waals surface area contributed by atoms with E-state index >= 15 is 0 Å². The smallest absolute Gasteiger partial charge is 0.166 e. The molecule has 70 valence electrons. The Morgan fingerprint density at radius 3 is 2.46 bits per heavy atom. The van der Waals surface area contributed by atoms with Crippen LogP contribution in [-0.2, 0) is 0 Å². The van der Waals surface area contributed by atoms with Crippen molar-refractivity contribution in [2.75, 3.05) is 0 Å². The predicted molar refractivity (Wildman–Crippen MR) is 61.5 cm³/mol. The summed E-state index contributed by atoms with van der Waals surface area (Å²) in [6.07, 6.45) is 0.834. The Hall–Kier alpha value is -0.350. The van der Waals surface area contributed by atoms with Crippen LogP contribution in [-0.4, -0.2) is 11.3 Å². The van der Waals surface area contributed by atoms with E-state index in [1.165, 1.54) is 0 Å². The molecule has 0 aliphatic carbocycles. The molecule has 0 saturated carbocycles. The van der Waals surface area contributed by atoms with Gasteiger partial charge in [-0.05, 0) is 40.3 Å². The van der Waals surface area contributed by atoms with Gasteiger partial charge >= 0.3 is 0 Å². The summed E-state index contributed by atoms with van der Waals surface area (Å²) in [5.74, 6) is 0. The number of aryl methyl sites for hydroxylation is 1. The van der Waals surface area contributed by atoms with E-state index in [0.29, 0.717) is 5.69 Å².